The van der Waals surface area contributed by atoms with Crippen LogP contribution in [0.1, 0.15) is 36.5 Å². The molecule has 2 N–H and O–H groups in total. The van der Waals surface area contributed by atoms with Gasteiger partial charge >= 0.3 is 0 Å². The van der Waals surface area contributed by atoms with Crippen molar-refractivity contribution in [2.75, 3.05) is 13.2 Å². The smallest absolute Gasteiger partial charge is 0.119 e. The minimum Gasteiger partial charge on any atom is -0.508 e. The summed E-state index contributed by atoms with van der Waals surface area (Å²) in [7, 11) is 0. The lowest BCUT2D eigenvalue weighted by atomic mass is 9.87. The van der Waals surface area contributed by atoms with Gasteiger partial charge in [0, 0.05) is 6.61 Å². The van der Waals surface area contributed by atoms with Gasteiger partial charge in [0.2, 0.25) is 0 Å². The van der Waals surface area contributed by atoms with Crippen LogP contribution in [-0.4, -0.2) is 23.4 Å². The maximum atomic E-state index is 9.74. The molecule has 0 saturated heterocycles. The summed E-state index contributed by atoms with van der Waals surface area (Å²) < 4.78 is 5.59. The van der Waals surface area contributed by atoms with Crippen LogP contribution in [0.2, 0.25) is 0 Å². The van der Waals surface area contributed by atoms with Crippen molar-refractivity contribution in [3.63, 3.8) is 0 Å². The third-order valence-corrected chi connectivity index (χ3v) is 4.62. The number of phenolic OH excluding ortho intramolecular Hbond substituents is 1. The van der Waals surface area contributed by atoms with Crippen LogP contribution in [0.5, 0.6) is 11.5 Å². The molecular formula is C25H26O3. The second kappa shape index (κ2) is 9.77. The van der Waals surface area contributed by atoms with Gasteiger partial charge in [-0.3, -0.25) is 0 Å². The lowest BCUT2D eigenvalue weighted by Gasteiger charge is -2.18. The van der Waals surface area contributed by atoms with Crippen LogP contribution in [0.15, 0.2) is 78.9 Å². The number of benzene rings is 3. The van der Waals surface area contributed by atoms with Crippen molar-refractivity contribution in [2.45, 2.75) is 19.8 Å². The summed E-state index contributed by atoms with van der Waals surface area (Å²) in [5, 5.41) is 19.2. The summed E-state index contributed by atoms with van der Waals surface area (Å²) >= 11 is 0. The average Bonchev–Trinajstić information content (AvgIpc) is 2.74. The van der Waals surface area contributed by atoms with E-state index >= 15 is 0 Å². The van der Waals surface area contributed by atoms with E-state index in [1.165, 1.54) is 5.57 Å². The topological polar surface area (TPSA) is 49.7 Å². The van der Waals surface area contributed by atoms with Gasteiger partial charge < -0.3 is 14.9 Å². The Morgan fingerprint density at radius 1 is 0.786 bits per heavy atom. The van der Waals surface area contributed by atoms with Gasteiger partial charge in [-0.05, 0) is 71.9 Å². The molecule has 0 amide bonds. The summed E-state index contributed by atoms with van der Waals surface area (Å²) in [5.74, 6) is 1.08. The number of hydrogen-bond acceptors (Lipinski definition) is 3. The van der Waals surface area contributed by atoms with Crippen LogP contribution >= 0.6 is 0 Å². The van der Waals surface area contributed by atoms with Crippen LogP contribution in [0.25, 0.3) is 11.1 Å². The van der Waals surface area contributed by atoms with Crippen LogP contribution in [-0.2, 0) is 0 Å². The second-order valence-electron chi connectivity index (χ2n) is 6.55. The molecule has 0 aromatic heterocycles. The second-order valence-corrected chi connectivity index (χ2v) is 6.55. The highest BCUT2D eigenvalue weighted by atomic mass is 16.5. The zero-order valence-electron chi connectivity index (χ0n) is 16.1. The maximum Gasteiger partial charge on any atom is 0.119 e. The maximum absolute atomic E-state index is 9.74. The number of phenols is 1. The molecule has 3 aromatic carbocycles. The SMILES string of the molecule is CCOc1ccc(/C(=C(/CCCO)c2ccccc2)c2ccc(O)cc2)cc1. The molecule has 0 atom stereocenters. The van der Waals surface area contributed by atoms with Gasteiger partial charge in [-0.25, -0.2) is 0 Å². The summed E-state index contributed by atoms with van der Waals surface area (Å²) in [5.41, 5.74) is 5.50. The van der Waals surface area contributed by atoms with Gasteiger partial charge in [0.1, 0.15) is 11.5 Å². The van der Waals surface area contributed by atoms with Crippen molar-refractivity contribution in [3.05, 3.63) is 95.6 Å². The normalized spacial score (nSPS) is 11.8. The van der Waals surface area contributed by atoms with Gasteiger partial charge in [-0.2, -0.15) is 0 Å². The molecular weight excluding hydrogens is 348 g/mol. The number of hydrogen-bond donors (Lipinski definition) is 2. The van der Waals surface area contributed by atoms with E-state index < -0.39 is 0 Å². The van der Waals surface area contributed by atoms with E-state index in [0.29, 0.717) is 13.0 Å². The average molecular weight is 374 g/mol. The van der Waals surface area contributed by atoms with Gasteiger partial charge in [-0.1, -0.05) is 54.6 Å². The molecule has 3 nitrogen and oxygen atoms in total. The van der Waals surface area contributed by atoms with Crippen molar-refractivity contribution in [2.24, 2.45) is 0 Å². The van der Waals surface area contributed by atoms with E-state index in [1.54, 1.807) is 12.1 Å². The first kappa shape index (κ1) is 19.7. The number of rotatable bonds is 8. The van der Waals surface area contributed by atoms with Crippen molar-refractivity contribution in [3.8, 4) is 11.5 Å². The third-order valence-electron chi connectivity index (χ3n) is 4.62. The number of aromatic hydroxyl groups is 1. The number of allylic oxidation sites excluding steroid dienone is 1. The van der Waals surface area contributed by atoms with Crippen molar-refractivity contribution < 1.29 is 14.9 Å². The Hall–Kier alpha value is -3.04. The molecule has 0 radical (unpaired) electrons. The van der Waals surface area contributed by atoms with E-state index in [1.807, 2.05) is 49.4 Å². The van der Waals surface area contributed by atoms with Crippen molar-refractivity contribution >= 4 is 11.1 Å². The van der Waals surface area contributed by atoms with Crippen LogP contribution in [0, 0.1) is 0 Å². The molecule has 0 aliphatic rings. The minimum absolute atomic E-state index is 0.141. The van der Waals surface area contributed by atoms with Crippen LogP contribution in [0.3, 0.4) is 0 Å². The standard InChI is InChI=1S/C25H26O3/c1-2-28-23-16-12-21(13-17-23)25(20-10-14-22(27)15-11-20)24(9-6-18-26)19-7-4-3-5-8-19/h3-5,7-8,10-17,26-27H,2,6,9,18H2,1H3/b25-24-. The van der Waals surface area contributed by atoms with Gasteiger partial charge in [0.25, 0.3) is 0 Å². The molecule has 0 saturated carbocycles. The van der Waals surface area contributed by atoms with Crippen molar-refractivity contribution in [1.29, 1.82) is 0 Å². The fraction of sp³-hybridized carbons (Fsp3) is 0.200. The first-order valence-corrected chi connectivity index (χ1v) is 9.65. The molecule has 0 fully saturated rings. The molecule has 28 heavy (non-hydrogen) atoms. The van der Waals surface area contributed by atoms with E-state index in [9.17, 15) is 10.2 Å². The number of ether oxygens (including phenoxy) is 1. The third kappa shape index (κ3) is 4.81. The predicted octanol–water partition coefficient (Wildman–Crippen LogP) is 5.52. The summed E-state index contributed by atoms with van der Waals surface area (Å²) in [6, 6.07) is 25.6. The molecule has 3 heteroatoms. The Morgan fingerprint density at radius 3 is 1.96 bits per heavy atom. The lowest BCUT2D eigenvalue weighted by Crippen LogP contribution is -1.98. The highest BCUT2D eigenvalue weighted by molar-refractivity contribution is 5.98. The Kier molecular flexibility index (Phi) is 6.88. The molecule has 0 heterocycles. The van der Waals surface area contributed by atoms with E-state index in [2.05, 4.69) is 24.3 Å². The Bertz CT molecular complexity index is 895. The minimum atomic E-state index is 0.141. The van der Waals surface area contributed by atoms with Crippen molar-refractivity contribution in [1.82, 2.24) is 0 Å². The monoisotopic (exact) mass is 374 g/mol. The molecule has 0 bridgehead atoms. The molecule has 3 aromatic rings. The molecule has 3 rings (SSSR count). The Labute approximate surface area is 166 Å². The Balaban J connectivity index is 2.19. The van der Waals surface area contributed by atoms with Gasteiger partial charge in [-0.15, -0.1) is 0 Å². The number of aliphatic hydroxyl groups excluding tert-OH is 1. The Morgan fingerprint density at radius 2 is 1.39 bits per heavy atom. The molecule has 0 aliphatic carbocycles. The van der Waals surface area contributed by atoms with Crippen LogP contribution in [0.4, 0.5) is 0 Å². The lowest BCUT2D eigenvalue weighted by molar-refractivity contribution is 0.290. The molecule has 0 unspecified atom stereocenters. The number of aliphatic hydroxyl groups is 1. The van der Waals surface area contributed by atoms with E-state index in [4.69, 9.17) is 4.74 Å². The fourth-order valence-corrected chi connectivity index (χ4v) is 3.34. The first-order chi connectivity index (χ1) is 13.7. The molecule has 144 valence electrons. The summed E-state index contributed by atoms with van der Waals surface area (Å²) in [6.07, 6.45) is 1.44. The molecule has 0 spiro atoms. The van der Waals surface area contributed by atoms with Gasteiger partial charge in [0.05, 0.1) is 6.61 Å². The largest absolute Gasteiger partial charge is 0.508 e. The first-order valence-electron chi connectivity index (χ1n) is 9.65. The predicted molar refractivity (Wildman–Crippen MR) is 114 cm³/mol. The highest BCUT2D eigenvalue weighted by Crippen LogP contribution is 2.36. The fourth-order valence-electron chi connectivity index (χ4n) is 3.34. The zero-order chi connectivity index (χ0) is 19.8. The van der Waals surface area contributed by atoms with E-state index in [0.717, 1.165) is 34.4 Å². The highest BCUT2D eigenvalue weighted by Gasteiger charge is 2.14. The van der Waals surface area contributed by atoms with E-state index in [-0.39, 0.29) is 12.4 Å². The van der Waals surface area contributed by atoms with Crippen LogP contribution < -0.4 is 4.74 Å². The summed E-state index contributed by atoms with van der Waals surface area (Å²) in [4.78, 5) is 0. The zero-order valence-corrected chi connectivity index (χ0v) is 16.1. The quantitative estimate of drug-likeness (QED) is 0.510. The molecule has 0 aliphatic heterocycles. The van der Waals surface area contributed by atoms with Gasteiger partial charge in [0.15, 0.2) is 0 Å². The summed E-state index contributed by atoms with van der Waals surface area (Å²) in [6.45, 7) is 2.74.